The second-order valence-electron chi connectivity index (χ2n) is 4.30. The Balaban J connectivity index is 2.66. The van der Waals surface area contributed by atoms with Crippen LogP contribution in [0.25, 0.3) is 0 Å². The third kappa shape index (κ3) is 1.87. The van der Waals surface area contributed by atoms with Crippen LogP contribution in [0.2, 0.25) is 0 Å². The lowest BCUT2D eigenvalue weighted by molar-refractivity contribution is 0.341. The van der Waals surface area contributed by atoms with Crippen molar-refractivity contribution in [3.8, 4) is 17.2 Å². The molecule has 0 saturated heterocycles. The summed E-state index contributed by atoms with van der Waals surface area (Å²) in [5.41, 5.74) is 6.41. The molecule has 1 aliphatic carbocycles. The van der Waals surface area contributed by atoms with Crippen LogP contribution in [0.15, 0.2) is 10.5 Å². The van der Waals surface area contributed by atoms with Crippen molar-refractivity contribution < 1.29 is 14.6 Å². The third-order valence-corrected chi connectivity index (χ3v) is 3.97. The van der Waals surface area contributed by atoms with Crippen molar-refractivity contribution in [2.24, 2.45) is 5.73 Å². The van der Waals surface area contributed by atoms with E-state index in [0.29, 0.717) is 22.5 Å². The van der Waals surface area contributed by atoms with Crippen molar-refractivity contribution in [3.05, 3.63) is 16.1 Å². The van der Waals surface area contributed by atoms with Crippen LogP contribution >= 0.6 is 15.9 Å². The number of aromatic hydroxyl groups is 1. The summed E-state index contributed by atoms with van der Waals surface area (Å²) in [5, 5.41) is 10.2. The van der Waals surface area contributed by atoms with Gasteiger partial charge in [-0.05, 0) is 28.8 Å². The van der Waals surface area contributed by atoms with E-state index in [2.05, 4.69) is 15.9 Å². The minimum atomic E-state index is -0.160. The maximum absolute atomic E-state index is 10.2. The summed E-state index contributed by atoms with van der Waals surface area (Å²) >= 11 is 3.32. The quantitative estimate of drug-likeness (QED) is 0.894. The van der Waals surface area contributed by atoms with Gasteiger partial charge in [-0.3, -0.25) is 0 Å². The number of benzene rings is 1. The molecule has 17 heavy (non-hydrogen) atoms. The van der Waals surface area contributed by atoms with Gasteiger partial charge < -0.3 is 20.3 Å². The van der Waals surface area contributed by atoms with Crippen molar-refractivity contribution in [2.45, 2.75) is 18.3 Å². The van der Waals surface area contributed by atoms with Crippen LogP contribution in [-0.2, 0) is 5.41 Å². The summed E-state index contributed by atoms with van der Waals surface area (Å²) in [4.78, 5) is 0. The van der Waals surface area contributed by atoms with E-state index in [4.69, 9.17) is 15.2 Å². The molecule has 1 fully saturated rings. The average molecular weight is 302 g/mol. The van der Waals surface area contributed by atoms with Crippen molar-refractivity contribution in [1.82, 2.24) is 0 Å². The molecule has 4 nitrogen and oxygen atoms in total. The summed E-state index contributed by atoms with van der Waals surface area (Å²) in [6.07, 6.45) is 1.93. The van der Waals surface area contributed by atoms with Crippen LogP contribution < -0.4 is 15.2 Å². The summed E-state index contributed by atoms with van der Waals surface area (Å²) in [7, 11) is 3.15. The van der Waals surface area contributed by atoms with Gasteiger partial charge in [0.15, 0.2) is 11.5 Å². The molecule has 94 valence electrons. The lowest BCUT2D eigenvalue weighted by atomic mass is 9.93. The average Bonchev–Trinajstić information content (AvgIpc) is 3.12. The Morgan fingerprint density at radius 2 is 2.06 bits per heavy atom. The highest BCUT2D eigenvalue weighted by Crippen LogP contribution is 2.57. The molecule has 0 spiro atoms. The number of phenolic OH excluding ortho intramolecular Hbond substituents is 1. The summed E-state index contributed by atoms with van der Waals surface area (Å²) in [6, 6.07) is 1.70. The minimum absolute atomic E-state index is 0.160. The number of halogens is 1. The van der Waals surface area contributed by atoms with E-state index in [-0.39, 0.29) is 11.2 Å². The van der Waals surface area contributed by atoms with Crippen LogP contribution in [0.1, 0.15) is 18.4 Å². The Morgan fingerprint density at radius 3 is 2.47 bits per heavy atom. The van der Waals surface area contributed by atoms with E-state index in [0.717, 1.165) is 18.4 Å². The van der Waals surface area contributed by atoms with Gasteiger partial charge in [0.05, 0.1) is 18.7 Å². The van der Waals surface area contributed by atoms with Gasteiger partial charge in [0, 0.05) is 23.6 Å². The number of hydrogen-bond donors (Lipinski definition) is 2. The molecule has 5 heteroatoms. The Morgan fingerprint density at radius 1 is 1.41 bits per heavy atom. The number of phenols is 1. The normalized spacial score (nSPS) is 16.7. The van der Waals surface area contributed by atoms with Crippen LogP contribution in [0.5, 0.6) is 17.2 Å². The monoisotopic (exact) mass is 301 g/mol. The number of hydrogen-bond acceptors (Lipinski definition) is 4. The lowest BCUT2D eigenvalue weighted by Crippen LogP contribution is -2.21. The molecule has 0 radical (unpaired) electrons. The SMILES string of the molecule is COc1cc(Br)c(O)c(C2(CN)CC2)c1OC. The highest BCUT2D eigenvalue weighted by atomic mass is 79.9. The van der Waals surface area contributed by atoms with E-state index in [1.807, 2.05) is 0 Å². The van der Waals surface area contributed by atoms with Gasteiger partial charge in [0.25, 0.3) is 0 Å². The van der Waals surface area contributed by atoms with E-state index in [9.17, 15) is 5.11 Å². The molecular formula is C12H16BrNO3. The molecule has 0 amide bonds. The van der Waals surface area contributed by atoms with Gasteiger partial charge in [-0.25, -0.2) is 0 Å². The van der Waals surface area contributed by atoms with Gasteiger partial charge in [-0.15, -0.1) is 0 Å². The molecule has 0 heterocycles. The predicted octanol–water partition coefficient (Wildman–Crippen LogP) is 2.16. The molecule has 0 atom stereocenters. The number of ether oxygens (including phenoxy) is 2. The van der Waals surface area contributed by atoms with Crippen LogP contribution in [0, 0.1) is 0 Å². The highest BCUT2D eigenvalue weighted by molar-refractivity contribution is 9.10. The van der Waals surface area contributed by atoms with Crippen LogP contribution in [-0.4, -0.2) is 25.9 Å². The fraction of sp³-hybridized carbons (Fsp3) is 0.500. The standard InChI is InChI=1S/C12H16BrNO3/c1-16-8-5-7(13)10(15)9(11(8)17-2)12(6-14)3-4-12/h5,15H,3-4,6,14H2,1-2H3. The number of rotatable bonds is 4. The van der Waals surface area contributed by atoms with Crippen molar-refractivity contribution in [2.75, 3.05) is 20.8 Å². The first-order chi connectivity index (χ1) is 8.09. The smallest absolute Gasteiger partial charge is 0.168 e. The molecule has 0 aliphatic heterocycles. The lowest BCUT2D eigenvalue weighted by Gasteiger charge is -2.21. The first-order valence-corrected chi connectivity index (χ1v) is 6.23. The molecular weight excluding hydrogens is 286 g/mol. The van der Waals surface area contributed by atoms with Crippen molar-refractivity contribution >= 4 is 15.9 Å². The number of nitrogens with two attached hydrogens (primary N) is 1. The zero-order valence-electron chi connectivity index (χ0n) is 9.92. The zero-order valence-corrected chi connectivity index (χ0v) is 11.5. The summed E-state index contributed by atoms with van der Waals surface area (Å²) < 4.78 is 11.2. The van der Waals surface area contributed by atoms with E-state index < -0.39 is 0 Å². The molecule has 0 bridgehead atoms. The van der Waals surface area contributed by atoms with Gasteiger partial charge in [0.1, 0.15) is 5.75 Å². The number of methoxy groups -OCH3 is 2. The van der Waals surface area contributed by atoms with Crippen molar-refractivity contribution in [1.29, 1.82) is 0 Å². The highest BCUT2D eigenvalue weighted by Gasteiger charge is 2.48. The Kier molecular flexibility index (Phi) is 3.23. The molecule has 1 aliphatic rings. The summed E-state index contributed by atoms with van der Waals surface area (Å²) in [5.74, 6) is 1.38. The largest absolute Gasteiger partial charge is 0.506 e. The molecule has 0 unspecified atom stereocenters. The predicted molar refractivity (Wildman–Crippen MR) is 68.9 cm³/mol. The maximum Gasteiger partial charge on any atom is 0.168 e. The van der Waals surface area contributed by atoms with E-state index in [1.54, 1.807) is 20.3 Å². The summed E-state index contributed by atoms with van der Waals surface area (Å²) in [6.45, 7) is 0.497. The topological polar surface area (TPSA) is 64.7 Å². The zero-order chi connectivity index (χ0) is 12.6. The van der Waals surface area contributed by atoms with Crippen molar-refractivity contribution in [3.63, 3.8) is 0 Å². The van der Waals surface area contributed by atoms with E-state index in [1.165, 1.54) is 0 Å². The first-order valence-electron chi connectivity index (χ1n) is 5.43. The van der Waals surface area contributed by atoms with Gasteiger partial charge in [-0.1, -0.05) is 0 Å². The van der Waals surface area contributed by atoms with Crippen LogP contribution in [0.4, 0.5) is 0 Å². The van der Waals surface area contributed by atoms with Crippen LogP contribution in [0.3, 0.4) is 0 Å². The molecule has 0 aromatic heterocycles. The van der Waals surface area contributed by atoms with E-state index >= 15 is 0 Å². The van der Waals surface area contributed by atoms with Gasteiger partial charge in [-0.2, -0.15) is 0 Å². The molecule has 2 rings (SSSR count). The Hall–Kier alpha value is -0.940. The molecule has 1 saturated carbocycles. The fourth-order valence-electron chi connectivity index (χ4n) is 2.15. The third-order valence-electron chi connectivity index (χ3n) is 3.37. The fourth-order valence-corrected chi connectivity index (χ4v) is 2.56. The molecule has 1 aromatic carbocycles. The second kappa shape index (κ2) is 4.38. The minimum Gasteiger partial charge on any atom is -0.506 e. The van der Waals surface area contributed by atoms with Gasteiger partial charge >= 0.3 is 0 Å². The molecule has 1 aromatic rings. The first kappa shape index (κ1) is 12.5. The Labute approximate surface area is 109 Å². The van der Waals surface area contributed by atoms with Gasteiger partial charge in [0.2, 0.25) is 0 Å². The maximum atomic E-state index is 10.2. The second-order valence-corrected chi connectivity index (χ2v) is 5.16. The molecule has 3 N–H and O–H groups in total. The Bertz CT molecular complexity index is 444.